The lowest BCUT2D eigenvalue weighted by molar-refractivity contribution is 0.0688. The van der Waals surface area contributed by atoms with Crippen molar-refractivity contribution < 1.29 is 9.90 Å². The molecule has 1 aromatic heterocycles. The Bertz CT molecular complexity index is 590. The van der Waals surface area contributed by atoms with Crippen molar-refractivity contribution in [3.05, 3.63) is 50.7 Å². The molecule has 0 radical (unpaired) electrons. The molecular formula is C12H9Br2NO2. The highest BCUT2D eigenvalue weighted by Gasteiger charge is 2.14. The molecule has 2 rings (SSSR count). The van der Waals surface area contributed by atoms with Crippen molar-refractivity contribution in [2.24, 2.45) is 0 Å². The first-order valence-corrected chi connectivity index (χ1v) is 6.45. The molecule has 0 unspecified atom stereocenters. The van der Waals surface area contributed by atoms with Crippen LogP contribution in [0.25, 0.3) is 5.69 Å². The van der Waals surface area contributed by atoms with Gasteiger partial charge in [-0.05, 0) is 62.5 Å². The molecule has 0 aliphatic carbocycles. The van der Waals surface area contributed by atoms with E-state index in [-0.39, 0.29) is 5.69 Å². The van der Waals surface area contributed by atoms with E-state index in [9.17, 15) is 4.79 Å². The molecule has 1 aromatic carbocycles. The molecular weight excluding hydrogens is 350 g/mol. The fraction of sp³-hybridized carbons (Fsp3) is 0.0833. The molecule has 3 nitrogen and oxygen atoms in total. The van der Waals surface area contributed by atoms with E-state index in [1.165, 1.54) is 0 Å². The van der Waals surface area contributed by atoms with Gasteiger partial charge >= 0.3 is 5.97 Å². The van der Waals surface area contributed by atoms with Crippen LogP contribution in [0.1, 0.15) is 16.1 Å². The summed E-state index contributed by atoms with van der Waals surface area (Å²) in [4.78, 5) is 11.1. The topological polar surface area (TPSA) is 42.2 Å². The summed E-state index contributed by atoms with van der Waals surface area (Å²) in [7, 11) is 0. The minimum absolute atomic E-state index is 0.224. The van der Waals surface area contributed by atoms with Gasteiger partial charge in [-0.2, -0.15) is 0 Å². The largest absolute Gasteiger partial charge is 0.477 e. The van der Waals surface area contributed by atoms with Gasteiger partial charge in [0.1, 0.15) is 5.69 Å². The number of carboxylic acid groups (broad SMARTS) is 1. The van der Waals surface area contributed by atoms with Crippen molar-refractivity contribution >= 4 is 37.8 Å². The van der Waals surface area contributed by atoms with E-state index in [1.807, 2.05) is 25.1 Å². The molecule has 0 atom stereocenters. The Labute approximate surface area is 115 Å². The lowest BCUT2D eigenvalue weighted by Gasteiger charge is -2.09. The first-order chi connectivity index (χ1) is 7.99. The summed E-state index contributed by atoms with van der Waals surface area (Å²) in [5.41, 5.74) is 2.14. The second kappa shape index (κ2) is 4.66. The van der Waals surface area contributed by atoms with Crippen molar-refractivity contribution in [3.63, 3.8) is 0 Å². The zero-order chi connectivity index (χ0) is 12.6. The van der Waals surface area contributed by atoms with Gasteiger partial charge in [0.15, 0.2) is 0 Å². The molecule has 5 heteroatoms. The summed E-state index contributed by atoms with van der Waals surface area (Å²) in [6.45, 7) is 1.98. The Morgan fingerprint density at radius 1 is 1.29 bits per heavy atom. The summed E-state index contributed by atoms with van der Waals surface area (Å²) in [5, 5.41) is 9.13. The lowest BCUT2D eigenvalue weighted by Crippen LogP contribution is -2.06. The van der Waals surface area contributed by atoms with Crippen molar-refractivity contribution in [1.29, 1.82) is 0 Å². The SMILES string of the molecule is Cc1ccc(-n2cc(Br)cc2C(=O)O)c(Br)c1. The minimum Gasteiger partial charge on any atom is -0.477 e. The summed E-state index contributed by atoms with van der Waals surface area (Å²) < 4.78 is 3.24. The highest BCUT2D eigenvalue weighted by atomic mass is 79.9. The normalized spacial score (nSPS) is 10.5. The van der Waals surface area contributed by atoms with Crippen molar-refractivity contribution in [1.82, 2.24) is 4.57 Å². The fourth-order valence-corrected chi connectivity index (χ4v) is 2.71. The number of carboxylic acids is 1. The monoisotopic (exact) mass is 357 g/mol. The third kappa shape index (κ3) is 2.45. The molecule has 88 valence electrons. The Hall–Kier alpha value is -1.07. The summed E-state index contributed by atoms with van der Waals surface area (Å²) >= 11 is 6.74. The molecule has 0 saturated heterocycles. The average molecular weight is 359 g/mol. The molecule has 1 N–H and O–H groups in total. The number of carbonyl (C=O) groups is 1. The number of halogens is 2. The number of aryl methyl sites for hydroxylation is 1. The highest BCUT2D eigenvalue weighted by molar-refractivity contribution is 9.10. The number of nitrogens with zero attached hydrogens (tertiary/aromatic N) is 1. The first kappa shape index (κ1) is 12.4. The number of aromatic nitrogens is 1. The van der Waals surface area contributed by atoms with Crippen LogP contribution in [0.4, 0.5) is 0 Å². The Morgan fingerprint density at radius 3 is 2.59 bits per heavy atom. The molecule has 17 heavy (non-hydrogen) atoms. The van der Waals surface area contributed by atoms with Gasteiger partial charge in [0.05, 0.1) is 5.69 Å². The quantitative estimate of drug-likeness (QED) is 0.881. The number of aromatic carboxylic acids is 1. The molecule has 0 spiro atoms. The van der Waals surface area contributed by atoms with E-state index in [1.54, 1.807) is 16.8 Å². The standard InChI is InChI=1S/C12H9Br2NO2/c1-7-2-3-10(9(14)4-7)15-6-8(13)5-11(15)12(16)17/h2-6H,1H3,(H,16,17). The minimum atomic E-state index is -0.955. The first-order valence-electron chi connectivity index (χ1n) is 4.87. The smallest absolute Gasteiger partial charge is 0.352 e. The van der Waals surface area contributed by atoms with Gasteiger partial charge in [-0.15, -0.1) is 0 Å². The van der Waals surface area contributed by atoms with Crippen LogP contribution < -0.4 is 0 Å². The van der Waals surface area contributed by atoms with Crippen LogP contribution in [-0.4, -0.2) is 15.6 Å². The van der Waals surface area contributed by atoms with Gasteiger partial charge in [0.25, 0.3) is 0 Å². The van der Waals surface area contributed by atoms with Gasteiger partial charge in [0, 0.05) is 15.1 Å². The number of hydrogen-bond donors (Lipinski definition) is 1. The van der Waals surface area contributed by atoms with Crippen LogP contribution in [0.2, 0.25) is 0 Å². The second-order valence-corrected chi connectivity index (χ2v) is 5.44. The molecule has 0 saturated carbocycles. The number of hydrogen-bond acceptors (Lipinski definition) is 1. The maximum atomic E-state index is 11.1. The zero-order valence-electron chi connectivity index (χ0n) is 8.95. The Balaban J connectivity index is 2.63. The highest BCUT2D eigenvalue weighted by Crippen LogP contribution is 2.26. The van der Waals surface area contributed by atoms with Crippen LogP contribution in [0, 0.1) is 6.92 Å². The molecule has 0 aliphatic heterocycles. The maximum absolute atomic E-state index is 11.1. The summed E-state index contributed by atoms with van der Waals surface area (Å²) in [6.07, 6.45) is 1.74. The lowest BCUT2D eigenvalue weighted by atomic mass is 10.2. The van der Waals surface area contributed by atoms with Crippen molar-refractivity contribution in [2.45, 2.75) is 6.92 Å². The van der Waals surface area contributed by atoms with Crippen LogP contribution in [0.5, 0.6) is 0 Å². The van der Waals surface area contributed by atoms with Gasteiger partial charge in [-0.3, -0.25) is 0 Å². The van der Waals surface area contributed by atoms with Crippen molar-refractivity contribution in [3.8, 4) is 5.69 Å². The summed E-state index contributed by atoms with van der Waals surface area (Å²) in [6, 6.07) is 7.36. The zero-order valence-corrected chi connectivity index (χ0v) is 12.1. The molecule has 2 aromatic rings. The van der Waals surface area contributed by atoms with Gasteiger partial charge in [-0.1, -0.05) is 6.07 Å². The van der Waals surface area contributed by atoms with Gasteiger partial charge in [0.2, 0.25) is 0 Å². The van der Waals surface area contributed by atoms with Crippen LogP contribution >= 0.6 is 31.9 Å². The van der Waals surface area contributed by atoms with Gasteiger partial charge in [-0.25, -0.2) is 4.79 Å². The van der Waals surface area contributed by atoms with Crippen LogP contribution in [0.3, 0.4) is 0 Å². The number of rotatable bonds is 2. The average Bonchev–Trinajstić information content (AvgIpc) is 2.60. The van der Waals surface area contributed by atoms with E-state index >= 15 is 0 Å². The molecule has 0 bridgehead atoms. The molecule has 0 aliphatic rings. The maximum Gasteiger partial charge on any atom is 0.352 e. The van der Waals surface area contributed by atoms with E-state index in [4.69, 9.17) is 5.11 Å². The Kier molecular flexibility index (Phi) is 3.40. The molecule has 0 fully saturated rings. The van der Waals surface area contributed by atoms with E-state index in [0.29, 0.717) is 0 Å². The third-order valence-electron chi connectivity index (χ3n) is 2.37. The van der Waals surface area contributed by atoms with E-state index in [2.05, 4.69) is 31.9 Å². The van der Waals surface area contributed by atoms with Crippen LogP contribution in [0.15, 0.2) is 39.4 Å². The predicted octanol–water partition coefficient (Wildman–Crippen LogP) is 4.01. The third-order valence-corrected chi connectivity index (χ3v) is 3.44. The van der Waals surface area contributed by atoms with Crippen LogP contribution in [-0.2, 0) is 0 Å². The second-order valence-electron chi connectivity index (χ2n) is 3.67. The van der Waals surface area contributed by atoms with Crippen molar-refractivity contribution in [2.75, 3.05) is 0 Å². The number of benzene rings is 1. The van der Waals surface area contributed by atoms with Gasteiger partial charge < -0.3 is 9.67 Å². The van der Waals surface area contributed by atoms with E-state index in [0.717, 1.165) is 20.2 Å². The van der Waals surface area contributed by atoms with E-state index < -0.39 is 5.97 Å². The molecule has 0 amide bonds. The Morgan fingerprint density at radius 2 is 2.00 bits per heavy atom. The molecule has 1 heterocycles. The predicted molar refractivity (Wildman–Crippen MR) is 72.9 cm³/mol. The summed E-state index contributed by atoms with van der Waals surface area (Å²) in [5.74, 6) is -0.955. The fourth-order valence-electron chi connectivity index (χ4n) is 1.60.